The number of hydrogen-bond donors (Lipinski definition) is 3. The fraction of sp³-hybridized carbons (Fsp3) is 0.444. The van der Waals surface area contributed by atoms with E-state index in [9.17, 15) is 9.90 Å². The van der Waals surface area contributed by atoms with Crippen molar-refractivity contribution in [3.8, 4) is 5.75 Å². The second-order valence-electron chi connectivity index (χ2n) is 6.82. The molecule has 26 heavy (non-hydrogen) atoms. The third kappa shape index (κ3) is 3.50. The highest BCUT2D eigenvalue weighted by Gasteiger charge is 2.35. The van der Waals surface area contributed by atoms with E-state index < -0.39 is 6.10 Å². The third-order valence-corrected chi connectivity index (χ3v) is 5.11. The first kappa shape index (κ1) is 17.2. The average Bonchev–Trinajstić information content (AvgIpc) is 3.19. The molecule has 1 aliphatic heterocycles. The number of anilines is 1. The van der Waals surface area contributed by atoms with Crippen LogP contribution >= 0.6 is 11.6 Å². The number of benzene rings is 1. The lowest BCUT2D eigenvalue weighted by Gasteiger charge is -2.23. The summed E-state index contributed by atoms with van der Waals surface area (Å²) in [6.07, 6.45) is 4.10. The molecule has 1 saturated carbocycles. The summed E-state index contributed by atoms with van der Waals surface area (Å²) in [5.41, 5.74) is 1.31. The van der Waals surface area contributed by atoms with Gasteiger partial charge in [0.15, 0.2) is 5.75 Å². The number of aliphatic hydroxyl groups is 1. The maximum absolute atomic E-state index is 12.7. The van der Waals surface area contributed by atoms with Gasteiger partial charge in [-0.15, -0.1) is 0 Å². The van der Waals surface area contributed by atoms with Gasteiger partial charge in [0.05, 0.1) is 34.6 Å². The van der Waals surface area contributed by atoms with Gasteiger partial charge in [-0.3, -0.25) is 9.48 Å². The molecular weight excluding hydrogens is 356 g/mol. The predicted octanol–water partition coefficient (Wildman–Crippen LogP) is 1.91. The fourth-order valence-corrected chi connectivity index (χ4v) is 3.88. The smallest absolute Gasteiger partial charge is 0.255 e. The van der Waals surface area contributed by atoms with Crippen molar-refractivity contribution < 1.29 is 14.6 Å². The van der Waals surface area contributed by atoms with E-state index in [2.05, 4.69) is 15.7 Å². The molecule has 8 heteroatoms. The van der Waals surface area contributed by atoms with E-state index in [1.165, 1.54) is 0 Å². The fourth-order valence-electron chi connectivity index (χ4n) is 3.72. The van der Waals surface area contributed by atoms with Crippen molar-refractivity contribution in [3.05, 3.63) is 41.2 Å². The molecular formula is C18H21ClN4O3. The van der Waals surface area contributed by atoms with E-state index in [4.69, 9.17) is 16.3 Å². The van der Waals surface area contributed by atoms with Crippen molar-refractivity contribution in [3.63, 3.8) is 0 Å². The largest absolute Gasteiger partial charge is 0.489 e. The van der Waals surface area contributed by atoms with Gasteiger partial charge in [0.25, 0.3) is 5.91 Å². The van der Waals surface area contributed by atoms with Gasteiger partial charge in [-0.05, 0) is 30.9 Å². The Morgan fingerprint density at radius 3 is 3.15 bits per heavy atom. The first-order valence-corrected chi connectivity index (χ1v) is 9.14. The molecule has 138 valence electrons. The van der Waals surface area contributed by atoms with Gasteiger partial charge in [0.2, 0.25) is 0 Å². The van der Waals surface area contributed by atoms with Crippen molar-refractivity contribution >= 4 is 23.2 Å². The number of para-hydroxylation sites is 1. The molecule has 2 heterocycles. The summed E-state index contributed by atoms with van der Waals surface area (Å²) in [5, 5.41) is 21.3. The Balaban J connectivity index is 1.42. The zero-order valence-corrected chi connectivity index (χ0v) is 14.9. The summed E-state index contributed by atoms with van der Waals surface area (Å²) in [4.78, 5) is 12.7. The summed E-state index contributed by atoms with van der Waals surface area (Å²) in [6.45, 7) is 1.92. The first-order valence-electron chi connectivity index (χ1n) is 8.76. The maximum atomic E-state index is 12.7. The standard InChI is InChI=1S/C18H21ClN4O3/c19-12-8-21-23(10-12)9-11-6-15(16(24)7-11)22-18(25)13-2-1-3-14-17(13)26-5-4-20-14/h1-3,8,10-11,15-16,20,24H,4-7,9H2,(H,22,25)/t11?,15-,16-/m1/s1. The topological polar surface area (TPSA) is 88.4 Å². The number of nitrogens with zero attached hydrogens (tertiary/aromatic N) is 2. The van der Waals surface area contributed by atoms with Gasteiger partial charge in [0.1, 0.15) is 6.61 Å². The molecule has 1 unspecified atom stereocenters. The van der Waals surface area contributed by atoms with Crippen molar-refractivity contribution in [1.29, 1.82) is 0 Å². The molecule has 2 aromatic rings. The zero-order chi connectivity index (χ0) is 18.1. The van der Waals surface area contributed by atoms with Crippen LogP contribution in [0, 0.1) is 5.92 Å². The van der Waals surface area contributed by atoms with E-state index in [1.807, 2.05) is 12.1 Å². The van der Waals surface area contributed by atoms with E-state index >= 15 is 0 Å². The van der Waals surface area contributed by atoms with Crippen molar-refractivity contribution in [2.75, 3.05) is 18.5 Å². The Labute approximate surface area is 156 Å². The number of hydrogen-bond acceptors (Lipinski definition) is 5. The summed E-state index contributed by atoms with van der Waals surface area (Å²) >= 11 is 5.89. The molecule has 0 saturated heterocycles. The molecule has 3 atom stereocenters. The lowest BCUT2D eigenvalue weighted by molar-refractivity contribution is 0.0869. The molecule has 0 spiro atoms. The Morgan fingerprint density at radius 1 is 1.46 bits per heavy atom. The van der Waals surface area contributed by atoms with Gasteiger partial charge in [-0.25, -0.2) is 0 Å². The van der Waals surface area contributed by atoms with E-state index in [1.54, 1.807) is 23.1 Å². The van der Waals surface area contributed by atoms with Crippen LogP contribution in [0.3, 0.4) is 0 Å². The van der Waals surface area contributed by atoms with E-state index in [0.717, 1.165) is 12.2 Å². The Kier molecular flexibility index (Phi) is 4.74. The molecule has 1 aromatic carbocycles. The minimum atomic E-state index is -0.575. The zero-order valence-electron chi connectivity index (χ0n) is 14.2. The molecule has 1 aliphatic carbocycles. The predicted molar refractivity (Wildman–Crippen MR) is 97.6 cm³/mol. The second-order valence-corrected chi connectivity index (χ2v) is 7.26. The van der Waals surface area contributed by atoms with Gasteiger partial charge < -0.3 is 20.5 Å². The highest BCUT2D eigenvalue weighted by Crippen LogP contribution is 2.32. The summed E-state index contributed by atoms with van der Waals surface area (Å²) in [7, 11) is 0. The number of aliphatic hydroxyl groups excluding tert-OH is 1. The van der Waals surface area contributed by atoms with Crippen LogP contribution in [0.4, 0.5) is 5.69 Å². The van der Waals surface area contributed by atoms with E-state index in [0.29, 0.717) is 42.3 Å². The van der Waals surface area contributed by atoms with Crippen LogP contribution in [-0.4, -0.2) is 46.1 Å². The molecule has 7 nitrogen and oxygen atoms in total. The van der Waals surface area contributed by atoms with Crippen LogP contribution in [0.1, 0.15) is 23.2 Å². The van der Waals surface area contributed by atoms with Crippen molar-refractivity contribution in [2.45, 2.75) is 31.5 Å². The Bertz CT molecular complexity index is 809. The van der Waals surface area contributed by atoms with Crippen molar-refractivity contribution in [2.24, 2.45) is 5.92 Å². The molecule has 0 radical (unpaired) electrons. The number of amides is 1. The minimum absolute atomic E-state index is 0.225. The van der Waals surface area contributed by atoms with Crippen LogP contribution in [0.25, 0.3) is 0 Å². The van der Waals surface area contributed by atoms with Gasteiger partial charge in [-0.1, -0.05) is 17.7 Å². The van der Waals surface area contributed by atoms with Crippen molar-refractivity contribution in [1.82, 2.24) is 15.1 Å². The monoisotopic (exact) mass is 376 g/mol. The number of carbonyl (C=O) groups excluding carboxylic acids is 1. The van der Waals surface area contributed by atoms with Gasteiger partial charge >= 0.3 is 0 Å². The number of fused-ring (bicyclic) bond motifs is 1. The molecule has 4 rings (SSSR count). The molecule has 0 bridgehead atoms. The highest BCUT2D eigenvalue weighted by molar-refractivity contribution is 6.30. The average molecular weight is 377 g/mol. The maximum Gasteiger partial charge on any atom is 0.255 e. The first-order chi connectivity index (χ1) is 12.6. The summed E-state index contributed by atoms with van der Waals surface area (Å²) < 4.78 is 7.43. The van der Waals surface area contributed by atoms with Crippen LogP contribution < -0.4 is 15.4 Å². The van der Waals surface area contributed by atoms with Crippen LogP contribution in [0.15, 0.2) is 30.6 Å². The third-order valence-electron chi connectivity index (χ3n) is 4.91. The molecule has 1 aromatic heterocycles. The molecule has 2 aliphatic rings. The molecule has 3 N–H and O–H groups in total. The minimum Gasteiger partial charge on any atom is -0.489 e. The lowest BCUT2D eigenvalue weighted by atomic mass is 10.1. The van der Waals surface area contributed by atoms with Crippen LogP contribution in [0.2, 0.25) is 5.02 Å². The quantitative estimate of drug-likeness (QED) is 0.758. The number of carbonyl (C=O) groups is 1. The molecule has 1 amide bonds. The molecule has 1 fully saturated rings. The SMILES string of the molecule is O=C(N[C@@H]1CC(Cn2cc(Cl)cn2)C[C@H]1O)c1cccc2c1OCCN2. The number of nitrogens with one attached hydrogen (secondary N) is 2. The number of rotatable bonds is 4. The van der Waals surface area contributed by atoms with E-state index in [-0.39, 0.29) is 17.9 Å². The Morgan fingerprint density at radius 2 is 2.35 bits per heavy atom. The summed E-state index contributed by atoms with van der Waals surface area (Å²) in [5.74, 6) is 0.581. The van der Waals surface area contributed by atoms with Gasteiger partial charge in [0, 0.05) is 19.3 Å². The Hall–Kier alpha value is -2.25. The number of halogens is 1. The van der Waals surface area contributed by atoms with Crippen LogP contribution in [0.5, 0.6) is 5.75 Å². The second kappa shape index (κ2) is 7.17. The summed E-state index contributed by atoms with van der Waals surface area (Å²) in [6, 6.07) is 5.17. The normalized spacial score (nSPS) is 24.5. The van der Waals surface area contributed by atoms with Crippen LogP contribution in [-0.2, 0) is 6.54 Å². The van der Waals surface area contributed by atoms with Gasteiger partial charge in [-0.2, -0.15) is 5.10 Å². The lowest BCUT2D eigenvalue weighted by Crippen LogP contribution is -2.40. The number of ether oxygens (including phenoxy) is 1. The number of aromatic nitrogens is 2. The highest BCUT2D eigenvalue weighted by atomic mass is 35.5.